The van der Waals surface area contributed by atoms with E-state index >= 15 is 0 Å². The molecule has 1 atom stereocenters. The Morgan fingerprint density at radius 3 is 2.58 bits per heavy atom. The lowest BCUT2D eigenvalue weighted by Crippen LogP contribution is -2.37. The van der Waals surface area contributed by atoms with Crippen molar-refractivity contribution < 1.29 is 13.9 Å². The number of carbonyl (C=O) groups is 1. The second-order valence-corrected chi connectivity index (χ2v) is 7.55. The summed E-state index contributed by atoms with van der Waals surface area (Å²) in [5.74, 6) is 1.53. The molecule has 0 saturated carbocycles. The lowest BCUT2D eigenvalue weighted by atomic mass is 10.1. The SMILES string of the molecule is Cc1cc(O[C@H](C)C(=O)NCCSCc2ccccc2F)cc(C)c1Cl. The van der Waals surface area contributed by atoms with Crippen LogP contribution in [0.4, 0.5) is 4.39 Å². The highest BCUT2D eigenvalue weighted by Gasteiger charge is 2.15. The molecule has 2 rings (SSSR count). The van der Waals surface area contributed by atoms with Gasteiger partial charge in [-0.1, -0.05) is 29.8 Å². The number of thioether (sulfide) groups is 1. The molecule has 3 nitrogen and oxygen atoms in total. The standard InChI is InChI=1S/C20H23ClFNO2S/c1-13-10-17(11-14(2)19(13)21)25-15(3)20(24)23-8-9-26-12-16-6-4-5-7-18(16)22/h4-7,10-11,15H,8-9,12H2,1-3H3,(H,23,24)/t15-/m1/s1. The first-order valence-electron chi connectivity index (χ1n) is 8.40. The molecule has 0 aliphatic rings. The second-order valence-electron chi connectivity index (χ2n) is 6.07. The molecule has 0 bridgehead atoms. The average Bonchev–Trinajstić information content (AvgIpc) is 2.60. The third-order valence-corrected chi connectivity index (χ3v) is 5.46. The van der Waals surface area contributed by atoms with Gasteiger partial charge in [0.15, 0.2) is 6.10 Å². The predicted molar refractivity (Wildman–Crippen MR) is 107 cm³/mol. The largest absolute Gasteiger partial charge is 0.481 e. The lowest BCUT2D eigenvalue weighted by molar-refractivity contribution is -0.127. The Morgan fingerprint density at radius 2 is 1.92 bits per heavy atom. The molecule has 1 N–H and O–H groups in total. The average molecular weight is 396 g/mol. The van der Waals surface area contributed by atoms with Gasteiger partial charge in [0.05, 0.1) is 0 Å². The van der Waals surface area contributed by atoms with Gasteiger partial charge in [-0.2, -0.15) is 11.8 Å². The van der Waals surface area contributed by atoms with E-state index in [0.29, 0.717) is 34.4 Å². The Kier molecular flexibility index (Phi) is 7.79. The molecule has 0 radical (unpaired) electrons. The maximum absolute atomic E-state index is 13.5. The number of rotatable bonds is 8. The number of nitrogens with one attached hydrogen (secondary N) is 1. The summed E-state index contributed by atoms with van der Waals surface area (Å²) < 4.78 is 19.2. The van der Waals surface area contributed by atoms with Crippen molar-refractivity contribution in [2.24, 2.45) is 0 Å². The summed E-state index contributed by atoms with van der Waals surface area (Å²) in [5.41, 5.74) is 2.51. The lowest BCUT2D eigenvalue weighted by Gasteiger charge is -2.16. The topological polar surface area (TPSA) is 38.3 Å². The molecule has 0 unspecified atom stereocenters. The van der Waals surface area contributed by atoms with E-state index in [1.54, 1.807) is 30.8 Å². The van der Waals surface area contributed by atoms with E-state index in [0.717, 1.165) is 11.1 Å². The number of carbonyl (C=O) groups excluding carboxylic acids is 1. The van der Waals surface area contributed by atoms with Crippen molar-refractivity contribution in [2.75, 3.05) is 12.3 Å². The minimum absolute atomic E-state index is 0.179. The van der Waals surface area contributed by atoms with Crippen LogP contribution < -0.4 is 10.1 Å². The Balaban J connectivity index is 1.73. The van der Waals surface area contributed by atoms with E-state index in [4.69, 9.17) is 16.3 Å². The summed E-state index contributed by atoms with van der Waals surface area (Å²) in [7, 11) is 0. The molecule has 0 heterocycles. The highest BCUT2D eigenvalue weighted by Crippen LogP contribution is 2.26. The summed E-state index contributed by atoms with van der Waals surface area (Å²) >= 11 is 7.71. The number of hydrogen-bond donors (Lipinski definition) is 1. The van der Waals surface area contributed by atoms with Crippen molar-refractivity contribution in [3.05, 3.63) is 63.9 Å². The quantitative estimate of drug-likeness (QED) is 0.645. The van der Waals surface area contributed by atoms with Crippen LogP contribution in [0.25, 0.3) is 0 Å². The zero-order valence-corrected chi connectivity index (χ0v) is 16.7. The number of benzene rings is 2. The van der Waals surface area contributed by atoms with Gasteiger partial charge in [0.1, 0.15) is 11.6 Å². The minimum atomic E-state index is -0.605. The molecule has 6 heteroatoms. The fourth-order valence-electron chi connectivity index (χ4n) is 2.42. The molecule has 0 saturated heterocycles. The summed E-state index contributed by atoms with van der Waals surface area (Å²) in [6, 6.07) is 10.4. The molecule has 0 aliphatic heterocycles. The maximum atomic E-state index is 13.5. The van der Waals surface area contributed by atoms with Crippen molar-refractivity contribution in [1.29, 1.82) is 0 Å². The van der Waals surface area contributed by atoms with Crippen LogP contribution in [0.3, 0.4) is 0 Å². The van der Waals surface area contributed by atoms with Crippen LogP contribution in [0, 0.1) is 19.7 Å². The van der Waals surface area contributed by atoms with Gasteiger partial charge in [-0.05, 0) is 55.7 Å². The molecule has 0 spiro atoms. The van der Waals surface area contributed by atoms with Crippen LogP contribution >= 0.6 is 23.4 Å². The molecular formula is C20H23ClFNO2S. The molecule has 1 amide bonds. The van der Waals surface area contributed by atoms with Gasteiger partial charge in [-0.3, -0.25) is 4.79 Å². The predicted octanol–water partition coefficient (Wildman–Crippen LogP) is 4.91. The van der Waals surface area contributed by atoms with Crippen molar-refractivity contribution in [3.63, 3.8) is 0 Å². The van der Waals surface area contributed by atoms with Crippen LogP contribution in [0.5, 0.6) is 5.75 Å². The summed E-state index contributed by atoms with van der Waals surface area (Å²) in [5, 5.41) is 3.55. The van der Waals surface area contributed by atoms with E-state index in [9.17, 15) is 9.18 Å². The van der Waals surface area contributed by atoms with E-state index in [1.165, 1.54) is 6.07 Å². The fraction of sp³-hybridized carbons (Fsp3) is 0.350. The molecule has 26 heavy (non-hydrogen) atoms. The molecule has 0 aromatic heterocycles. The van der Waals surface area contributed by atoms with Crippen molar-refractivity contribution in [3.8, 4) is 5.75 Å². The highest BCUT2D eigenvalue weighted by molar-refractivity contribution is 7.98. The van der Waals surface area contributed by atoms with Gasteiger partial charge in [0.25, 0.3) is 5.91 Å². The summed E-state index contributed by atoms with van der Waals surface area (Å²) in [6.07, 6.45) is -0.605. The number of amides is 1. The Labute approximate surface area is 163 Å². The van der Waals surface area contributed by atoms with Crippen LogP contribution in [0.1, 0.15) is 23.6 Å². The van der Waals surface area contributed by atoms with Gasteiger partial charge >= 0.3 is 0 Å². The monoisotopic (exact) mass is 395 g/mol. The molecular weight excluding hydrogens is 373 g/mol. The first kappa shape index (κ1) is 20.6. The molecule has 0 aliphatic carbocycles. The second kappa shape index (κ2) is 9.83. The zero-order valence-electron chi connectivity index (χ0n) is 15.1. The van der Waals surface area contributed by atoms with E-state index in [2.05, 4.69) is 5.32 Å². The zero-order chi connectivity index (χ0) is 19.1. The maximum Gasteiger partial charge on any atom is 0.260 e. The van der Waals surface area contributed by atoms with Crippen LogP contribution in [0.15, 0.2) is 36.4 Å². The van der Waals surface area contributed by atoms with E-state index < -0.39 is 6.10 Å². The summed E-state index contributed by atoms with van der Waals surface area (Å²) in [4.78, 5) is 12.1. The smallest absolute Gasteiger partial charge is 0.260 e. The Morgan fingerprint density at radius 1 is 1.27 bits per heavy atom. The van der Waals surface area contributed by atoms with Gasteiger partial charge in [-0.15, -0.1) is 0 Å². The first-order chi connectivity index (χ1) is 12.4. The van der Waals surface area contributed by atoms with Gasteiger partial charge in [0, 0.05) is 23.1 Å². The fourth-order valence-corrected chi connectivity index (χ4v) is 3.37. The van der Waals surface area contributed by atoms with Gasteiger partial charge in [0.2, 0.25) is 0 Å². The highest BCUT2D eigenvalue weighted by atomic mass is 35.5. The number of hydrogen-bond acceptors (Lipinski definition) is 3. The number of aryl methyl sites for hydroxylation is 2. The van der Waals surface area contributed by atoms with E-state index in [1.807, 2.05) is 32.0 Å². The number of halogens is 2. The molecule has 2 aromatic carbocycles. The van der Waals surface area contributed by atoms with Crippen LogP contribution in [-0.2, 0) is 10.5 Å². The van der Waals surface area contributed by atoms with Crippen molar-refractivity contribution >= 4 is 29.3 Å². The van der Waals surface area contributed by atoms with E-state index in [-0.39, 0.29) is 11.7 Å². The third-order valence-electron chi connectivity index (χ3n) is 3.85. The van der Waals surface area contributed by atoms with Crippen LogP contribution in [-0.4, -0.2) is 24.3 Å². The van der Waals surface area contributed by atoms with Crippen molar-refractivity contribution in [1.82, 2.24) is 5.32 Å². The number of ether oxygens (including phenoxy) is 1. The minimum Gasteiger partial charge on any atom is -0.481 e. The first-order valence-corrected chi connectivity index (χ1v) is 9.94. The Bertz CT molecular complexity index is 746. The van der Waals surface area contributed by atoms with Gasteiger partial charge < -0.3 is 10.1 Å². The van der Waals surface area contributed by atoms with Gasteiger partial charge in [-0.25, -0.2) is 4.39 Å². The molecule has 2 aromatic rings. The third kappa shape index (κ3) is 5.92. The summed E-state index contributed by atoms with van der Waals surface area (Å²) in [6.45, 7) is 6.02. The molecule has 0 fully saturated rings. The van der Waals surface area contributed by atoms with Crippen molar-refractivity contribution in [2.45, 2.75) is 32.6 Å². The normalized spacial score (nSPS) is 11.9. The Hall–Kier alpha value is -1.72. The molecule has 140 valence electrons. The van der Waals surface area contributed by atoms with Crippen LogP contribution in [0.2, 0.25) is 5.02 Å².